The summed E-state index contributed by atoms with van der Waals surface area (Å²) in [7, 11) is 0. The van der Waals surface area contributed by atoms with Crippen LogP contribution in [0.25, 0.3) is 0 Å². The quantitative estimate of drug-likeness (QED) is 0.0264. The molecule has 0 N–H and O–H groups in total. The normalized spacial score (nSPS) is 12.4. The Morgan fingerprint density at radius 1 is 0.362 bits per heavy atom. The summed E-state index contributed by atoms with van der Waals surface area (Å²) in [6.45, 7) is 6.49. The van der Waals surface area contributed by atoms with E-state index in [9.17, 15) is 14.4 Å². The molecule has 0 radical (unpaired) electrons. The summed E-state index contributed by atoms with van der Waals surface area (Å²) in [6.07, 6.45) is 55.1. The smallest absolute Gasteiger partial charge is 0.306 e. The summed E-state index contributed by atoms with van der Waals surface area (Å²) < 4.78 is 16.7. The summed E-state index contributed by atoms with van der Waals surface area (Å²) in [6, 6.07) is 0. The molecule has 0 amide bonds. The van der Waals surface area contributed by atoms with E-state index >= 15 is 0 Å². The molecule has 1 atom stereocenters. The Hall–Kier alpha value is -2.63. The molecule has 0 aromatic carbocycles. The van der Waals surface area contributed by atoms with Crippen molar-refractivity contribution in [1.82, 2.24) is 0 Å². The zero-order valence-corrected chi connectivity index (χ0v) is 38.3. The maximum atomic E-state index is 12.7. The van der Waals surface area contributed by atoms with E-state index in [4.69, 9.17) is 14.2 Å². The Labute approximate surface area is 358 Å². The van der Waals surface area contributed by atoms with Crippen molar-refractivity contribution in [1.29, 1.82) is 0 Å². The summed E-state index contributed by atoms with van der Waals surface area (Å²) in [5, 5.41) is 0. The van der Waals surface area contributed by atoms with Gasteiger partial charge in [-0.05, 0) is 77.0 Å². The molecule has 0 bridgehead atoms. The second-order valence-corrected chi connectivity index (χ2v) is 16.3. The third-order valence-electron chi connectivity index (χ3n) is 10.6. The molecule has 58 heavy (non-hydrogen) atoms. The lowest BCUT2D eigenvalue weighted by molar-refractivity contribution is -0.167. The van der Waals surface area contributed by atoms with Crippen LogP contribution in [-0.2, 0) is 28.6 Å². The van der Waals surface area contributed by atoms with Crippen LogP contribution in [0.4, 0.5) is 0 Å². The number of esters is 3. The van der Waals surface area contributed by atoms with Gasteiger partial charge in [-0.3, -0.25) is 14.4 Å². The van der Waals surface area contributed by atoms with Gasteiger partial charge >= 0.3 is 17.9 Å². The number of allylic oxidation sites excluding steroid dienone is 8. The Balaban J connectivity index is 4.40. The standard InChI is InChI=1S/C52H92O6/c1-4-7-10-13-16-19-22-25-26-28-30-33-36-39-42-45-51(54)57-48-49(47-56-50(53)44-41-38-35-32-29-24-21-18-15-12-9-6-3)58-52(55)46-43-40-37-34-31-27-23-20-17-14-11-8-5-2/h7,10,16,19-20,23,25-26,49H,4-6,8-9,11-15,17-18,21-22,24,27-48H2,1-3H3/b10-7-,19-16-,23-20-,26-25-. The summed E-state index contributed by atoms with van der Waals surface area (Å²) in [5.74, 6) is -0.903. The van der Waals surface area contributed by atoms with Crippen LogP contribution in [0.15, 0.2) is 48.6 Å². The molecule has 0 spiro atoms. The van der Waals surface area contributed by atoms with Crippen LogP contribution in [0.3, 0.4) is 0 Å². The van der Waals surface area contributed by atoms with Crippen molar-refractivity contribution in [2.24, 2.45) is 0 Å². The molecule has 0 aliphatic heterocycles. The van der Waals surface area contributed by atoms with Gasteiger partial charge in [-0.2, -0.15) is 0 Å². The zero-order chi connectivity index (χ0) is 42.3. The highest BCUT2D eigenvalue weighted by atomic mass is 16.6. The number of carbonyl (C=O) groups is 3. The number of rotatable bonds is 44. The lowest BCUT2D eigenvalue weighted by Crippen LogP contribution is -2.30. The van der Waals surface area contributed by atoms with Gasteiger partial charge in [0.25, 0.3) is 0 Å². The largest absolute Gasteiger partial charge is 0.462 e. The minimum Gasteiger partial charge on any atom is -0.462 e. The zero-order valence-electron chi connectivity index (χ0n) is 38.3. The fourth-order valence-corrected chi connectivity index (χ4v) is 6.86. The Morgan fingerprint density at radius 2 is 0.672 bits per heavy atom. The lowest BCUT2D eigenvalue weighted by atomic mass is 10.0. The molecule has 0 aliphatic carbocycles. The molecule has 1 unspecified atom stereocenters. The monoisotopic (exact) mass is 813 g/mol. The molecule has 6 nitrogen and oxygen atoms in total. The van der Waals surface area contributed by atoms with Crippen molar-refractivity contribution in [3.63, 3.8) is 0 Å². The molecule has 0 aliphatic rings. The molecule has 0 aromatic rings. The van der Waals surface area contributed by atoms with Gasteiger partial charge in [0.05, 0.1) is 0 Å². The van der Waals surface area contributed by atoms with E-state index in [0.717, 1.165) is 109 Å². The van der Waals surface area contributed by atoms with Gasteiger partial charge in [0.15, 0.2) is 6.10 Å². The maximum absolute atomic E-state index is 12.7. The van der Waals surface area contributed by atoms with E-state index < -0.39 is 6.10 Å². The maximum Gasteiger partial charge on any atom is 0.306 e. The molecular weight excluding hydrogens is 721 g/mol. The van der Waals surface area contributed by atoms with Crippen LogP contribution in [0, 0.1) is 0 Å². The fraction of sp³-hybridized carbons (Fsp3) is 0.788. The third kappa shape index (κ3) is 44.5. The van der Waals surface area contributed by atoms with Gasteiger partial charge in [0, 0.05) is 19.3 Å². The van der Waals surface area contributed by atoms with E-state index in [1.807, 2.05) is 0 Å². The van der Waals surface area contributed by atoms with Crippen molar-refractivity contribution >= 4 is 17.9 Å². The van der Waals surface area contributed by atoms with E-state index in [1.54, 1.807) is 0 Å². The molecule has 0 aromatic heterocycles. The van der Waals surface area contributed by atoms with E-state index in [-0.39, 0.29) is 31.1 Å². The topological polar surface area (TPSA) is 78.9 Å². The highest BCUT2D eigenvalue weighted by Crippen LogP contribution is 2.15. The first kappa shape index (κ1) is 55.4. The predicted octanol–water partition coefficient (Wildman–Crippen LogP) is 15.9. The lowest BCUT2D eigenvalue weighted by Gasteiger charge is -2.18. The van der Waals surface area contributed by atoms with Gasteiger partial charge in [-0.25, -0.2) is 0 Å². The van der Waals surface area contributed by atoms with Crippen molar-refractivity contribution in [3.8, 4) is 0 Å². The molecule has 0 rings (SSSR count). The second-order valence-electron chi connectivity index (χ2n) is 16.3. The summed E-state index contributed by atoms with van der Waals surface area (Å²) in [5.41, 5.74) is 0. The minimum atomic E-state index is -0.780. The molecule has 0 saturated heterocycles. The first-order valence-electron chi connectivity index (χ1n) is 24.6. The Bertz CT molecular complexity index is 1030. The minimum absolute atomic E-state index is 0.0801. The molecule has 0 fully saturated rings. The first-order valence-corrected chi connectivity index (χ1v) is 24.6. The summed E-state index contributed by atoms with van der Waals surface area (Å²) >= 11 is 0. The molecule has 336 valence electrons. The van der Waals surface area contributed by atoms with Crippen LogP contribution < -0.4 is 0 Å². The average Bonchev–Trinajstić information content (AvgIpc) is 3.22. The predicted molar refractivity (Wildman–Crippen MR) is 247 cm³/mol. The molecule has 0 heterocycles. The van der Waals surface area contributed by atoms with Gasteiger partial charge in [-0.1, -0.05) is 198 Å². The molecule has 0 saturated carbocycles. The van der Waals surface area contributed by atoms with Gasteiger partial charge < -0.3 is 14.2 Å². The SMILES string of the molecule is CC/C=C\C/C=C\C/C=C\CCCCCCCC(=O)OCC(COC(=O)CCCCCCCCCCCCCC)OC(=O)CCCCCCC/C=C\CCCCCC. The number of ether oxygens (including phenoxy) is 3. The van der Waals surface area contributed by atoms with E-state index in [1.165, 1.54) is 96.3 Å². The van der Waals surface area contributed by atoms with Crippen molar-refractivity contribution in [2.45, 2.75) is 252 Å². The van der Waals surface area contributed by atoms with E-state index in [0.29, 0.717) is 19.3 Å². The number of hydrogen-bond donors (Lipinski definition) is 0. The fourth-order valence-electron chi connectivity index (χ4n) is 6.86. The first-order chi connectivity index (χ1) is 28.5. The molecule has 6 heteroatoms. The van der Waals surface area contributed by atoms with Gasteiger partial charge in [-0.15, -0.1) is 0 Å². The van der Waals surface area contributed by atoms with Gasteiger partial charge in [0.2, 0.25) is 0 Å². The van der Waals surface area contributed by atoms with Gasteiger partial charge in [0.1, 0.15) is 13.2 Å². The Morgan fingerprint density at radius 3 is 1.09 bits per heavy atom. The van der Waals surface area contributed by atoms with Crippen LogP contribution in [0.2, 0.25) is 0 Å². The number of carbonyl (C=O) groups excluding carboxylic acids is 3. The number of hydrogen-bond acceptors (Lipinski definition) is 6. The second kappa shape index (κ2) is 47.1. The van der Waals surface area contributed by atoms with Crippen molar-refractivity contribution in [2.75, 3.05) is 13.2 Å². The number of unbranched alkanes of at least 4 members (excludes halogenated alkanes) is 25. The highest BCUT2D eigenvalue weighted by molar-refractivity contribution is 5.71. The average molecular weight is 813 g/mol. The van der Waals surface area contributed by atoms with Crippen LogP contribution in [-0.4, -0.2) is 37.2 Å². The Kier molecular flexibility index (Phi) is 44.9. The van der Waals surface area contributed by atoms with E-state index in [2.05, 4.69) is 69.4 Å². The van der Waals surface area contributed by atoms with Crippen LogP contribution >= 0.6 is 0 Å². The highest BCUT2D eigenvalue weighted by Gasteiger charge is 2.19. The van der Waals surface area contributed by atoms with Crippen LogP contribution in [0.5, 0.6) is 0 Å². The third-order valence-corrected chi connectivity index (χ3v) is 10.6. The summed E-state index contributed by atoms with van der Waals surface area (Å²) in [4.78, 5) is 37.9. The van der Waals surface area contributed by atoms with Crippen LogP contribution in [0.1, 0.15) is 245 Å². The molecular formula is C52H92O6. The van der Waals surface area contributed by atoms with Crippen molar-refractivity contribution < 1.29 is 28.6 Å². The van der Waals surface area contributed by atoms with Crippen molar-refractivity contribution in [3.05, 3.63) is 48.6 Å².